The van der Waals surface area contributed by atoms with E-state index in [1.54, 1.807) is 11.9 Å². The van der Waals surface area contributed by atoms with Crippen molar-refractivity contribution in [3.8, 4) is 0 Å². The molecular formula is C16H21NO3. The molecule has 0 aliphatic heterocycles. The van der Waals surface area contributed by atoms with Crippen molar-refractivity contribution in [2.45, 2.75) is 32.6 Å². The third-order valence-electron chi connectivity index (χ3n) is 4.19. The lowest BCUT2D eigenvalue weighted by atomic mass is 10.0. The minimum atomic E-state index is -0.782. The molecule has 0 heterocycles. The van der Waals surface area contributed by atoms with E-state index in [0.717, 1.165) is 12.1 Å². The number of carboxylic acids is 1. The van der Waals surface area contributed by atoms with Gasteiger partial charge in [0.2, 0.25) is 5.91 Å². The first-order chi connectivity index (χ1) is 9.52. The first kappa shape index (κ1) is 14.6. The molecule has 0 aromatic heterocycles. The van der Waals surface area contributed by atoms with Gasteiger partial charge in [0.25, 0.3) is 0 Å². The second-order valence-electron chi connectivity index (χ2n) is 5.46. The number of carboxylic acid groups (broad SMARTS) is 1. The second kappa shape index (κ2) is 6.07. The Kier molecular flexibility index (Phi) is 4.42. The highest BCUT2D eigenvalue weighted by atomic mass is 16.4. The number of carbonyl (C=O) groups excluding carboxylic acids is 1. The van der Waals surface area contributed by atoms with Gasteiger partial charge < -0.3 is 10.0 Å². The third-order valence-corrected chi connectivity index (χ3v) is 4.19. The molecule has 0 radical (unpaired) electrons. The zero-order valence-corrected chi connectivity index (χ0v) is 12.0. The molecule has 1 aliphatic rings. The Morgan fingerprint density at radius 3 is 2.30 bits per heavy atom. The van der Waals surface area contributed by atoms with Crippen molar-refractivity contribution in [2.75, 3.05) is 11.9 Å². The van der Waals surface area contributed by atoms with Crippen molar-refractivity contribution >= 4 is 17.6 Å². The number of aliphatic carboxylic acids is 1. The highest BCUT2D eigenvalue weighted by Gasteiger charge is 2.35. The number of hydrogen-bond acceptors (Lipinski definition) is 2. The lowest BCUT2D eigenvalue weighted by Gasteiger charge is -2.21. The van der Waals surface area contributed by atoms with Gasteiger partial charge in [-0.3, -0.25) is 9.59 Å². The van der Waals surface area contributed by atoms with Crippen LogP contribution in [0.2, 0.25) is 0 Å². The van der Waals surface area contributed by atoms with E-state index in [1.165, 1.54) is 5.56 Å². The van der Waals surface area contributed by atoms with Crippen molar-refractivity contribution in [2.24, 2.45) is 11.8 Å². The van der Waals surface area contributed by atoms with Crippen molar-refractivity contribution in [1.29, 1.82) is 0 Å². The fourth-order valence-corrected chi connectivity index (χ4v) is 2.79. The average Bonchev–Trinajstić information content (AvgIpc) is 2.96. The van der Waals surface area contributed by atoms with Crippen molar-refractivity contribution in [3.05, 3.63) is 29.8 Å². The molecule has 1 fully saturated rings. The normalized spacial score (nSPS) is 21.7. The first-order valence-electron chi connectivity index (χ1n) is 7.12. The Morgan fingerprint density at radius 1 is 1.20 bits per heavy atom. The molecule has 1 N–H and O–H groups in total. The minimum Gasteiger partial charge on any atom is -0.481 e. The van der Waals surface area contributed by atoms with Crippen LogP contribution in [0.15, 0.2) is 24.3 Å². The lowest BCUT2D eigenvalue weighted by Crippen LogP contribution is -2.32. The van der Waals surface area contributed by atoms with Gasteiger partial charge in [-0.1, -0.05) is 19.1 Å². The van der Waals surface area contributed by atoms with Crippen LogP contribution in [0, 0.1) is 11.8 Å². The van der Waals surface area contributed by atoms with Crippen molar-refractivity contribution < 1.29 is 14.7 Å². The van der Waals surface area contributed by atoms with Crippen LogP contribution in [0.5, 0.6) is 0 Å². The monoisotopic (exact) mass is 275 g/mol. The van der Waals surface area contributed by atoms with E-state index in [1.807, 2.05) is 24.3 Å². The van der Waals surface area contributed by atoms with Gasteiger partial charge in [-0.25, -0.2) is 0 Å². The molecule has 1 aromatic rings. The molecule has 1 aliphatic carbocycles. The lowest BCUT2D eigenvalue weighted by molar-refractivity contribution is -0.141. The Labute approximate surface area is 119 Å². The second-order valence-corrected chi connectivity index (χ2v) is 5.46. The maximum absolute atomic E-state index is 12.4. The smallest absolute Gasteiger partial charge is 0.306 e. The van der Waals surface area contributed by atoms with E-state index in [9.17, 15) is 9.59 Å². The van der Waals surface area contributed by atoms with Crippen LogP contribution in [-0.2, 0) is 16.0 Å². The standard InChI is InChI=1S/C16H21NO3/c1-3-11-4-8-14(9-5-11)17(2)15(18)12-6-7-13(10-12)16(19)20/h4-5,8-9,12-13H,3,6-7,10H2,1-2H3,(H,19,20). The Bertz CT molecular complexity index is 495. The number of hydrogen-bond donors (Lipinski definition) is 1. The molecule has 0 spiro atoms. The van der Waals surface area contributed by atoms with Gasteiger partial charge in [0, 0.05) is 18.7 Å². The molecule has 4 heteroatoms. The van der Waals surface area contributed by atoms with Gasteiger partial charge in [0.15, 0.2) is 0 Å². The summed E-state index contributed by atoms with van der Waals surface area (Å²) in [6, 6.07) is 7.93. The van der Waals surface area contributed by atoms with Crippen LogP contribution in [0.1, 0.15) is 31.7 Å². The Balaban J connectivity index is 2.03. The zero-order chi connectivity index (χ0) is 14.7. The van der Waals surface area contributed by atoms with E-state index >= 15 is 0 Å². The minimum absolute atomic E-state index is 0.0259. The van der Waals surface area contributed by atoms with Crippen LogP contribution in [-0.4, -0.2) is 24.0 Å². The summed E-state index contributed by atoms with van der Waals surface area (Å²) in [5, 5.41) is 9.00. The summed E-state index contributed by atoms with van der Waals surface area (Å²) in [6.45, 7) is 2.09. The van der Waals surface area contributed by atoms with Crippen molar-refractivity contribution in [3.63, 3.8) is 0 Å². The highest BCUT2D eigenvalue weighted by Crippen LogP contribution is 2.33. The van der Waals surface area contributed by atoms with E-state index in [2.05, 4.69) is 6.92 Å². The number of carbonyl (C=O) groups is 2. The van der Waals surface area contributed by atoms with E-state index in [4.69, 9.17) is 5.11 Å². The number of aryl methyl sites for hydroxylation is 1. The van der Waals surface area contributed by atoms with E-state index in [-0.39, 0.29) is 17.7 Å². The predicted octanol–water partition coefficient (Wildman–Crippen LogP) is 2.71. The Morgan fingerprint density at radius 2 is 1.80 bits per heavy atom. The van der Waals surface area contributed by atoms with Crippen LogP contribution in [0.3, 0.4) is 0 Å². The molecule has 0 saturated heterocycles. The molecule has 1 aromatic carbocycles. The van der Waals surface area contributed by atoms with Gasteiger partial charge in [0.1, 0.15) is 0 Å². The van der Waals surface area contributed by atoms with E-state index in [0.29, 0.717) is 19.3 Å². The molecule has 20 heavy (non-hydrogen) atoms. The third kappa shape index (κ3) is 3.00. The molecule has 1 amide bonds. The fourth-order valence-electron chi connectivity index (χ4n) is 2.79. The zero-order valence-electron chi connectivity index (χ0n) is 12.0. The Hall–Kier alpha value is -1.84. The van der Waals surface area contributed by atoms with Gasteiger partial charge in [-0.2, -0.15) is 0 Å². The molecule has 0 bridgehead atoms. The highest BCUT2D eigenvalue weighted by molar-refractivity contribution is 5.95. The summed E-state index contributed by atoms with van der Waals surface area (Å²) < 4.78 is 0. The maximum Gasteiger partial charge on any atom is 0.306 e. The topological polar surface area (TPSA) is 57.6 Å². The van der Waals surface area contributed by atoms with Gasteiger partial charge in [-0.05, 0) is 43.4 Å². The number of amides is 1. The van der Waals surface area contributed by atoms with Crippen LogP contribution >= 0.6 is 0 Å². The quantitative estimate of drug-likeness (QED) is 0.919. The largest absolute Gasteiger partial charge is 0.481 e. The number of benzene rings is 1. The summed E-state index contributed by atoms with van der Waals surface area (Å²) in [6.07, 6.45) is 2.72. The molecule has 2 unspecified atom stereocenters. The van der Waals surface area contributed by atoms with E-state index < -0.39 is 5.97 Å². The molecule has 4 nitrogen and oxygen atoms in total. The van der Waals surface area contributed by atoms with Crippen LogP contribution in [0.25, 0.3) is 0 Å². The number of anilines is 1. The molecule has 108 valence electrons. The average molecular weight is 275 g/mol. The maximum atomic E-state index is 12.4. The summed E-state index contributed by atoms with van der Waals surface area (Å²) in [5.41, 5.74) is 2.10. The molecule has 2 rings (SSSR count). The van der Waals surface area contributed by atoms with Crippen molar-refractivity contribution in [1.82, 2.24) is 0 Å². The van der Waals surface area contributed by atoms with Gasteiger partial charge in [0.05, 0.1) is 5.92 Å². The number of nitrogens with zero attached hydrogens (tertiary/aromatic N) is 1. The van der Waals surface area contributed by atoms with Crippen LogP contribution in [0.4, 0.5) is 5.69 Å². The molecular weight excluding hydrogens is 254 g/mol. The summed E-state index contributed by atoms with van der Waals surface area (Å²) >= 11 is 0. The van der Waals surface area contributed by atoms with Gasteiger partial charge >= 0.3 is 5.97 Å². The first-order valence-corrected chi connectivity index (χ1v) is 7.12. The summed E-state index contributed by atoms with van der Waals surface area (Å²) in [7, 11) is 1.76. The summed E-state index contributed by atoms with van der Waals surface area (Å²) in [5.74, 6) is -1.28. The fraction of sp³-hybridized carbons (Fsp3) is 0.500. The summed E-state index contributed by atoms with van der Waals surface area (Å²) in [4.78, 5) is 25.0. The van der Waals surface area contributed by atoms with Crippen LogP contribution < -0.4 is 4.90 Å². The SMILES string of the molecule is CCc1ccc(N(C)C(=O)C2CCC(C(=O)O)C2)cc1. The molecule has 2 atom stereocenters. The van der Waals surface area contributed by atoms with Gasteiger partial charge in [-0.15, -0.1) is 0 Å². The predicted molar refractivity (Wildman–Crippen MR) is 77.7 cm³/mol. The number of rotatable bonds is 4. The molecule has 1 saturated carbocycles.